The lowest BCUT2D eigenvalue weighted by atomic mass is 9.34. The van der Waals surface area contributed by atoms with Gasteiger partial charge in [-0.2, -0.15) is 0 Å². The number of aliphatic carboxylic acids is 1. The van der Waals surface area contributed by atoms with Crippen molar-refractivity contribution >= 4 is 5.97 Å². The Kier molecular flexibility index (Phi) is 10.6. The second kappa shape index (κ2) is 14.0. The summed E-state index contributed by atoms with van der Waals surface area (Å²) in [6, 6.07) is 0. The molecule has 2 saturated heterocycles. The van der Waals surface area contributed by atoms with E-state index in [-0.39, 0.29) is 51.9 Å². The van der Waals surface area contributed by atoms with Crippen LogP contribution in [-0.4, -0.2) is 128 Å². The number of carboxylic acid groups (broad SMARTS) is 1. The Balaban J connectivity index is 1.13. The van der Waals surface area contributed by atoms with Gasteiger partial charge in [0.1, 0.15) is 42.7 Å². The van der Waals surface area contributed by atoms with Crippen molar-refractivity contribution in [2.24, 2.45) is 57.2 Å². The molecule has 21 atom stereocenters. The number of allylic oxidation sites excluding steroid dienone is 2. The van der Waals surface area contributed by atoms with Gasteiger partial charge >= 0.3 is 5.97 Å². The first-order valence-electron chi connectivity index (χ1n) is 20.1. The van der Waals surface area contributed by atoms with Crippen LogP contribution in [-0.2, 0) is 23.7 Å². The van der Waals surface area contributed by atoms with Crippen molar-refractivity contribution in [3.05, 3.63) is 11.6 Å². The second-order valence-corrected chi connectivity index (χ2v) is 18.9. The highest BCUT2D eigenvalue weighted by Gasteiger charge is 2.69. The zero-order chi connectivity index (χ0) is 38.6. The van der Waals surface area contributed by atoms with Gasteiger partial charge in [0.2, 0.25) is 0 Å². The zero-order valence-electron chi connectivity index (χ0n) is 32.1. The predicted octanol–water partition coefficient (Wildman–Crippen LogP) is 1.96. The minimum atomic E-state index is -1.57. The molecule has 7 rings (SSSR count). The summed E-state index contributed by atoms with van der Waals surface area (Å²) < 4.78 is 24.1. The molecule has 0 aromatic heterocycles. The summed E-state index contributed by atoms with van der Waals surface area (Å²) in [6.45, 7) is 12.6. The third kappa shape index (κ3) is 5.76. The molecule has 8 N–H and O–H groups in total. The van der Waals surface area contributed by atoms with Crippen LogP contribution in [0.5, 0.6) is 0 Å². The topological polar surface area (TPSA) is 216 Å². The Labute approximate surface area is 312 Å². The SMILES string of the molecule is C[C@H]1[C@H](C)C2C3=CC[C@@H]4[C@@]5(C)CC[C@H](O[C@@H]6O[C@H](CO)[C@@H](O)[C@H](O)[C@H]6O[C@@H]6O[C@H](CO)[C@@H](O)[C@@H]6O)[C@H](C)[C@@H]5CC[C@@]4(C)[C@]3(C)CC[C@@]2(C(=O)O)C[C@@H]1O. The zero-order valence-corrected chi connectivity index (χ0v) is 32.1. The van der Waals surface area contributed by atoms with Crippen molar-refractivity contribution in [2.45, 2.75) is 160 Å². The summed E-state index contributed by atoms with van der Waals surface area (Å²) in [5, 5.41) is 84.0. The molecule has 1 unspecified atom stereocenters. The molecule has 6 fully saturated rings. The molecular weight excluding hydrogens is 688 g/mol. The third-order valence-corrected chi connectivity index (χ3v) is 16.9. The maximum atomic E-state index is 13.1. The quantitative estimate of drug-likeness (QED) is 0.138. The summed E-state index contributed by atoms with van der Waals surface area (Å²) in [4.78, 5) is 13.1. The molecule has 53 heavy (non-hydrogen) atoms. The van der Waals surface area contributed by atoms with E-state index in [2.05, 4.69) is 47.6 Å². The van der Waals surface area contributed by atoms with Crippen molar-refractivity contribution in [2.75, 3.05) is 13.2 Å². The van der Waals surface area contributed by atoms with Crippen molar-refractivity contribution in [3.8, 4) is 0 Å². The molecule has 7 aliphatic rings. The highest BCUT2D eigenvalue weighted by atomic mass is 16.8. The lowest BCUT2D eigenvalue weighted by Gasteiger charge is -2.70. The van der Waals surface area contributed by atoms with Crippen molar-refractivity contribution in [1.29, 1.82) is 0 Å². The Morgan fingerprint density at radius 3 is 2.08 bits per heavy atom. The first kappa shape index (κ1) is 40.0. The molecule has 0 aromatic carbocycles. The van der Waals surface area contributed by atoms with Crippen molar-refractivity contribution in [1.82, 2.24) is 0 Å². The Bertz CT molecular complexity index is 1410. The van der Waals surface area contributed by atoms with Gasteiger partial charge in [-0.3, -0.25) is 4.79 Å². The number of ether oxygens (including phenoxy) is 4. The van der Waals surface area contributed by atoms with Gasteiger partial charge in [-0.25, -0.2) is 0 Å². The number of aliphatic hydroxyl groups excluding tert-OH is 7. The molecule has 302 valence electrons. The summed E-state index contributed by atoms with van der Waals surface area (Å²) in [5.74, 6) is -0.118. The first-order valence-corrected chi connectivity index (χ1v) is 20.1. The fraction of sp³-hybridized carbons (Fsp3) is 0.925. The minimum absolute atomic E-state index is 0.0145. The number of rotatable bonds is 7. The molecule has 0 radical (unpaired) electrons. The van der Waals surface area contributed by atoms with Gasteiger partial charge in [-0.1, -0.05) is 53.2 Å². The van der Waals surface area contributed by atoms with Gasteiger partial charge in [-0.15, -0.1) is 0 Å². The summed E-state index contributed by atoms with van der Waals surface area (Å²) in [6.07, 6.45) is -4.75. The molecule has 4 saturated carbocycles. The number of hydrogen-bond acceptors (Lipinski definition) is 12. The Hall–Kier alpha value is -1.23. The number of carboxylic acids is 1. The van der Waals surface area contributed by atoms with Crippen molar-refractivity contribution in [3.63, 3.8) is 0 Å². The lowest BCUT2D eigenvalue weighted by molar-refractivity contribution is -0.351. The van der Waals surface area contributed by atoms with Crippen LogP contribution in [0.4, 0.5) is 0 Å². The molecular formula is C40H64O13. The smallest absolute Gasteiger partial charge is 0.310 e. The maximum Gasteiger partial charge on any atom is 0.310 e. The molecule has 0 aromatic rings. The average Bonchev–Trinajstić information content (AvgIpc) is 3.39. The van der Waals surface area contributed by atoms with Gasteiger partial charge in [0.15, 0.2) is 12.6 Å². The fourth-order valence-corrected chi connectivity index (χ4v) is 13.3. The highest BCUT2D eigenvalue weighted by molar-refractivity contribution is 5.77. The average molecular weight is 753 g/mol. The molecule has 0 bridgehead atoms. The Morgan fingerprint density at radius 1 is 0.792 bits per heavy atom. The lowest BCUT2D eigenvalue weighted by Crippen LogP contribution is -2.65. The number of hydrogen-bond donors (Lipinski definition) is 8. The van der Waals surface area contributed by atoms with E-state index < -0.39 is 86.0 Å². The monoisotopic (exact) mass is 752 g/mol. The van der Waals surface area contributed by atoms with Gasteiger partial charge in [0.25, 0.3) is 0 Å². The van der Waals surface area contributed by atoms with Crippen LogP contribution in [0.3, 0.4) is 0 Å². The number of fused-ring (bicyclic) bond motifs is 7. The molecule has 13 nitrogen and oxygen atoms in total. The van der Waals surface area contributed by atoms with Crippen LogP contribution in [0, 0.1) is 57.2 Å². The molecule has 2 aliphatic heterocycles. The summed E-state index contributed by atoms with van der Waals surface area (Å²) in [5.41, 5.74) is 0.0847. The van der Waals surface area contributed by atoms with Gasteiger partial charge in [0.05, 0.1) is 30.8 Å². The van der Waals surface area contributed by atoms with Crippen LogP contribution < -0.4 is 0 Å². The highest BCUT2D eigenvalue weighted by Crippen LogP contribution is 2.75. The maximum absolute atomic E-state index is 13.1. The first-order chi connectivity index (χ1) is 24.9. The van der Waals surface area contributed by atoms with Crippen LogP contribution in [0.1, 0.15) is 92.9 Å². The van der Waals surface area contributed by atoms with Crippen LogP contribution in [0.25, 0.3) is 0 Å². The summed E-state index contributed by atoms with van der Waals surface area (Å²) >= 11 is 0. The van der Waals surface area contributed by atoms with E-state index in [1.807, 2.05) is 0 Å². The molecule has 0 amide bonds. The predicted molar refractivity (Wildman–Crippen MR) is 189 cm³/mol. The van der Waals surface area contributed by atoms with E-state index in [9.17, 15) is 45.6 Å². The minimum Gasteiger partial charge on any atom is -0.481 e. The number of carbonyl (C=O) groups is 1. The molecule has 0 spiro atoms. The van der Waals surface area contributed by atoms with Gasteiger partial charge in [-0.05, 0) is 103 Å². The molecule has 5 aliphatic carbocycles. The van der Waals surface area contributed by atoms with E-state index in [0.717, 1.165) is 32.1 Å². The van der Waals surface area contributed by atoms with Crippen LogP contribution in [0.2, 0.25) is 0 Å². The van der Waals surface area contributed by atoms with E-state index in [4.69, 9.17) is 18.9 Å². The van der Waals surface area contributed by atoms with E-state index in [0.29, 0.717) is 25.2 Å². The molecule has 2 heterocycles. The van der Waals surface area contributed by atoms with Gasteiger partial charge in [0, 0.05) is 0 Å². The van der Waals surface area contributed by atoms with Crippen LogP contribution >= 0.6 is 0 Å². The standard InChI is InChI=1S/C40H64O13/c1-18-19(2)28-22-7-8-27-37(4)11-10-24(20(3)21(37)9-12-39(27,6)38(22,5)13-14-40(28,36(48)49)15-23(18)43)50-35-33(31(46)29(44)25(16-41)52-35)53-34-32(47)30(45)26(17-42)51-34/h7,18-21,23-35,41-47H,8-17H2,1-6H3,(H,48,49)/t18-,19-,20+,21-,23-,24-,25+,26+,27+,28?,29+,30+,31-,32-,33+,34-,35+,37-,38+,39+,40+/m0/s1. The number of aliphatic hydroxyl groups is 7. The summed E-state index contributed by atoms with van der Waals surface area (Å²) in [7, 11) is 0. The van der Waals surface area contributed by atoms with E-state index in [1.165, 1.54) is 5.57 Å². The van der Waals surface area contributed by atoms with E-state index >= 15 is 0 Å². The van der Waals surface area contributed by atoms with Crippen LogP contribution in [0.15, 0.2) is 11.6 Å². The molecule has 13 heteroatoms. The van der Waals surface area contributed by atoms with Gasteiger partial charge < -0.3 is 59.8 Å². The second-order valence-electron chi connectivity index (χ2n) is 18.9. The Morgan fingerprint density at radius 2 is 1.43 bits per heavy atom. The largest absolute Gasteiger partial charge is 0.481 e. The van der Waals surface area contributed by atoms with E-state index in [1.54, 1.807) is 0 Å². The normalized spacial score (nSPS) is 56.7. The fourth-order valence-electron chi connectivity index (χ4n) is 13.3. The van der Waals surface area contributed by atoms with Crippen molar-refractivity contribution < 1.29 is 64.6 Å². The third-order valence-electron chi connectivity index (χ3n) is 16.9.